The van der Waals surface area contributed by atoms with Gasteiger partial charge in [0.15, 0.2) is 11.1 Å². The van der Waals surface area contributed by atoms with Crippen molar-refractivity contribution in [3.63, 3.8) is 0 Å². The number of rotatable bonds is 5. The summed E-state index contributed by atoms with van der Waals surface area (Å²) in [6, 6.07) is 3.67. The number of ether oxygens (including phenoxy) is 2. The Morgan fingerprint density at radius 3 is 2.58 bits per heavy atom. The molecule has 0 aliphatic carbocycles. The fourth-order valence-corrected chi connectivity index (χ4v) is 3.26. The molecular weight excluding hydrogens is 352 g/mol. The molecule has 0 aliphatic heterocycles. The number of esters is 2. The molecule has 0 spiro atoms. The van der Waals surface area contributed by atoms with Gasteiger partial charge in [0.25, 0.3) is 0 Å². The van der Waals surface area contributed by atoms with Crippen molar-refractivity contribution in [2.24, 2.45) is 5.92 Å². The molecule has 2 aromatic heterocycles. The fourth-order valence-electron chi connectivity index (χ4n) is 2.14. The van der Waals surface area contributed by atoms with Crippen molar-refractivity contribution < 1.29 is 19.1 Å². The molecule has 0 saturated heterocycles. The molecule has 0 N–H and O–H groups in total. The highest BCUT2D eigenvalue weighted by Gasteiger charge is 2.32. The average molecular weight is 371 g/mol. The molecule has 0 fully saturated rings. The van der Waals surface area contributed by atoms with E-state index >= 15 is 0 Å². The molecule has 24 heavy (non-hydrogen) atoms. The second-order valence-corrected chi connectivity index (χ2v) is 7.79. The van der Waals surface area contributed by atoms with Crippen LogP contribution < -0.4 is 0 Å². The van der Waals surface area contributed by atoms with Gasteiger partial charge >= 0.3 is 11.9 Å². The van der Waals surface area contributed by atoms with Gasteiger partial charge in [-0.3, -0.25) is 9.59 Å². The maximum Gasteiger partial charge on any atom is 0.320 e. The number of thiophene rings is 1. The van der Waals surface area contributed by atoms with Crippen LogP contribution in [0.25, 0.3) is 10.2 Å². The second kappa shape index (κ2) is 7.44. The van der Waals surface area contributed by atoms with Crippen LogP contribution >= 0.6 is 22.9 Å². The molecule has 2 aromatic rings. The van der Waals surface area contributed by atoms with Gasteiger partial charge < -0.3 is 9.47 Å². The summed E-state index contributed by atoms with van der Waals surface area (Å²) in [5, 5.41) is 9.04. The number of halogens is 1. The van der Waals surface area contributed by atoms with Crippen molar-refractivity contribution >= 4 is 45.1 Å². The highest BCUT2D eigenvalue weighted by atomic mass is 35.5. The molecule has 0 radical (unpaired) electrons. The largest absolute Gasteiger partial charge is 0.468 e. The number of hydrogen-bond acceptors (Lipinski definition) is 7. The smallest absolute Gasteiger partial charge is 0.320 e. The Kier molecular flexibility index (Phi) is 5.77. The molecule has 1 atom stereocenters. The molecule has 2 heterocycles. The van der Waals surface area contributed by atoms with Crippen molar-refractivity contribution in [2.75, 3.05) is 7.11 Å². The molecule has 130 valence electrons. The van der Waals surface area contributed by atoms with Crippen LogP contribution in [0.5, 0.6) is 0 Å². The first-order valence-corrected chi connectivity index (χ1v) is 8.61. The zero-order valence-corrected chi connectivity index (χ0v) is 15.5. The summed E-state index contributed by atoms with van der Waals surface area (Å²) >= 11 is 7.28. The van der Waals surface area contributed by atoms with Crippen LogP contribution in [-0.4, -0.2) is 34.8 Å². The van der Waals surface area contributed by atoms with Gasteiger partial charge in [0, 0.05) is 10.3 Å². The zero-order valence-electron chi connectivity index (χ0n) is 14.0. The first-order valence-electron chi connectivity index (χ1n) is 7.42. The highest BCUT2D eigenvalue weighted by Crippen LogP contribution is 2.27. The van der Waals surface area contributed by atoms with Crippen LogP contribution in [0.4, 0.5) is 0 Å². The summed E-state index contributed by atoms with van der Waals surface area (Å²) in [5.41, 5.74) is -0.659. The summed E-state index contributed by atoms with van der Waals surface area (Å²) in [6.07, 6.45) is 0.827. The van der Waals surface area contributed by atoms with Gasteiger partial charge in [-0.25, -0.2) is 0 Å². The van der Waals surface area contributed by atoms with E-state index in [-0.39, 0.29) is 0 Å². The quantitative estimate of drug-likeness (QED) is 0.592. The van der Waals surface area contributed by atoms with Gasteiger partial charge in [-0.2, -0.15) is 0 Å². The fraction of sp³-hybridized carbons (Fsp3) is 0.500. The van der Waals surface area contributed by atoms with Crippen molar-refractivity contribution in [1.82, 2.24) is 10.2 Å². The minimum Gasteiger partial charge on any atom is -0.468 e. The van der Waals surface area contributed by atoms with Gasteiger partial charge in [0.2, 0.25) is 0 Å². The number of methoxy groups -OCH3 is 1. The molecule has 0 saturated carbocycles. The normalized spacial score (nSPS) is 12.9. The van der Waals surface area contributed by atoms with Crippen LogP contribution in [0.1, 0.15) is 32.1 Å². The summed E-state index contributed by atoms with van der Waals surface area (Å²) in [7, 11) is 1.26. The third-order valence-electron chi connectivity index (χ3n) is 3.16. The van der Waals surface area contributed by atoms with E-state index in [0.717, 1.165) is 15.1 Å². The number of carbonyl (C=O) groups excluding carboxylic acids is 2. The lowest BCUT2D eigenvalue weighted by Gasteiger charge is -2.22. The molecule has 8 heteroatoms. The Morgan fingerprint density at radius 1 is 1.25 bits per heavy atom. The van der Waals surface area contributed by atoms with Crippen LogP contribution in [-0.2, 0) is 25.5 Å². The standard InChI is InChI=1S/C16H19ClN2O4S/c1-16(2,3)23-15(21)11(14(20)22-4)6-5-10-7-9-8-12(17)18-19-13(9)24-10/h7-8,11H,5-6H2,1-4H3. The molecule has 1 unspecified atom stereocenters. The zero-order chi connectivity index (χ0) is 17.9. The Balaban J connectivity index is 2.11. The van der Waals surface area contributed by atoms with E-state index in [1.165, 1.54) is 18.4 Å². The third-order valence-corrected chi connectivity index (χ3v) is 4.44. The Hall–Kier alpha value is -1.73. The van der Waals surface area contributed by atoms with Crippen molar-refractivity contribution in [3.8, 4) is 0 Å². The SMILES string of the molecule is COC(=O)C(CCc1cc2cc(Cl)nnc2s1)C(=O)OC(C)(C)C. The number of nitrogens with zero attached hydrogens (tertiary/aromatic N) is 2. The molecule has 0 aliphatic rings. The maximum absolute atomic E-state index is 12.2. The van der Waals surface area contributed by atoms with Crippen LogP contribution in [0, 0.1) is 5.92 Å². The van der Waals surface area contributed by atoms with Crippen molar-refractivity contribution in [3.05, 3.63) is 22.2 Å². The predicted molar refractivity (Wildman–Crippen MR) is 92.1 cm³/mol. The molecule has 0 amide bonds. The molecule has 0 aromatic carbocycles. The van der Waals surface area contributed by atoms with E-state index in [0.29, 0.717) is 18.0 Å². The first-order chi connectivity index (χ1) is 11.2. The first kappa shape index (κ1) is 18.6. The van der Waals surface area contributed by atoms with E-state index < -0.39 is 23.5 Å². The molecule has 2 rings (SSSR count). The van der Waals surface area contributed by atoms with Gasteiger partial charge in [0.05, 0.1) is 7.11 Å². The number of fused-ring (bicyclic) bond motifs is 1. The van der Waals surface area contributed by atoms with Gasteiger partial charge in [-0.05, 0) is 45.7 Å². The minimum absolute atomic E-state index is 0.301. The van der Waals surface area contributed by atoms with E-state index in [4.69, 9.17) is 21.1 Å². The van der Waals surface area contributed by atoms with E-state index in [1.807, 2.05) is 6.07 Å². The van der Waals surface area contributed by atoms with Crippen molar-refractivity contribution in [1.29, 1.82) is 0 Å². The highest BCUT2D eigenvalue weighted by molar-refractivity contribution is 7.18. The topological polar surface area (TPSA) is 78.4 Å². The molecular formula is C16H19ClN2O4S. The van der Waals surface area contributed by atoms with Gasteiger partial charge in [0.1, 0.15) is 10.4 Å². The summed E-state index contributed by atoms with van der Waals surface area (Å²) < 4.78 is 10.0. The Morgan fingerprint density at radius 2 is 1.96 bits per heavy atom. The summed E-state index contributed by atoms with van der Waals surface area (Å²) in [4.78, 5) is 25.9. The van der Waals surface area contributed by atoms with Crippen LogP contribution in [0.2, 0.25) is 5.15 Å². The number of hydrogen-bond donors (Lipinski definition) is 0. The monoisotopic (exact) mass is 370 g/mol. The number of aryl methyl sites for hydroxylation is 1. The second-order valence-electron chi connectivity index (χ2n) is 6.29. The lowest BCUT2D eigenvalue weighted by Crippen LogP contribution is -2.33. The van der Waals surface area contributed by atoms with E-state index in [2.05, 4.69) is 10.2 Å². The van der Waals surface area contributed by atoms with Gasteiger partial charge in [-0.1, -0.05) is 11.6 Å². The third kappa shape index (κ3) is 4.88. The Labute approximate surface area is 149 Å². The average Bonchev–Trinajstić information content (AvgIpc) is 2.87. The van der Waals surface area contributed by atoms with Crippen molar-refractivity contribution in [2.45, 2.75) is 39.2 Å². The molecule has 6 nitrogen and oxygen atoms in total. The lowest BCUT2D eigenvalue weighted by atomic mass is 10.0. The van der Waals surface area contributed by atoms with E-state index in [1.54, 1.807) is 26.8 Å². The minimum atomic E-state index is -0.950. The number of aromatic nitrogens is 2. The Bertz CT molecular complexity index is 754. The van der Waals surface area contributed by atoms with Crippen LogP contribution in [0.15, 0.2) is 12.1 Å². The molecule has 0 bridgehead atoms. The maximum atomic E-state index is 12.2. The van der Waals surface area contributed by atoms with Crippen LogP contribution in [0.3, 0.4) is 0 Å². The lowest BCUT2D eigenvalue weighted by molar-refractivity contribution is -0.168. The predicted octanol–water partition coefficient (Wildman–Crippen LogP) is 3.41. The summed E-state index contributed by atoms with van der Waals surface area (Å²) in [6.45, 7) is 5.27. The van der Waals surface area contributed by atoms with E-state index in [9.17, 15) is 9.59 Å². The summed E-state index contributed by atoms with van der Waals surface area (Å²) in [5.74, 6) is -2.11. The number of carbonyl (C=O) groups is 2. The van der Waals surface area contributed by atoms with Gasteiger partial charge in [-0.15, -0.1) is 21.5 Å².